The van der Waals surface area contributed by atoms with E-state index in [0.717, 1.165) is 19.3 Å². The molecule has 1 amide bonds. The van der Waals surface area contributed by atoms with E-state index in [1.54, 1.807) is 6.07 Å². The van der Waals surface area contributed by atoms with Crippen molar-refractivity contribution in [1.29, 1.82) is 0 Å². The molecule has 104 valence electrons. The SMILES string of the molecule is COc1cccc(F)c1C(=O)NCC1CCC(Br)C1. The van der Waals surface area contributed by atoms with E-state index in [4.69, 9.17) is 4.74 Å². The molecule has 0 aliphatic heterocycles. The average molecular weight is 330 g/mol. The van der Waals surface area contributed by atoms with Crippen LogP contribution in [0.4, 0.5) is 4.39 Å². The Hall–Kier alpha value is -1.10. The summed E-state index contributed by atoms with van der Waals surface area (Å²) in [4.78, 5) is 12.6. The minimum absolute atomic E-state index is 0.0154. The lowest BCUT2D eigenvalue weighted by molar-refractivity contribution is 0.0940. The molecule has 0 spiro atoms. The molecule has 0 saturated heterocycles. The van der Waals surface area contributed by atoms with E-state index >= 15 is 0 Å². The number of rotatable bonds is 4. The summed E-state index contributed by atoms with van der Waals surface area (Å²) in [5.41, 5.74) is -0.0154. The van der Waals surface area contributed by atoms with Gasteiger partial charge in [0.1, 0.15) is 17.1 Å². The molecule has 1 aliphatic carbocycles. The summed E-state index contributed by atoms with van der Waals surface area (Å²) in [6, 6.07) is 4.38. The first kappa shape index (κ1) is 14.3. The van der Waals surface area contributed by atoms with E-state index in [9.17, 15) is 9.18 Å². The van der Waals surface area contributed by atoms with Gasteiger partial charge in [-0.1, -0.05) is 22.0 Å². The van der Waals surface area contributed by atoms with Crippen LogP contribution in [-0.4, -0.2) is 24.4 Å². The Bertz CT molecular complexity index is 467. The van der Waals surface area contributed by atoms with E-state index in [0.29, 0.717) is 17.3 Å². The molecule has 1 N–H and O–H groups in total. The number of carbonyl (C=O) groups is 1. The number of hydrogen-bond acceptors (Lipinski definition) is 2. The quantitative estimate of drug-likeness (QED) is 0.862. The molecule has 1 fully saturated rings. The largest absolute Gasteiger partial charge is 0.496 e. The van der Waals surface area contributed by atoms with Gasteiger partial charge in [0.05, 0.1) is 7.11 Å². The second-order valence-electron chi connectivity index (χ2n) is 4.80. The van der Waals surface area contributed by atoms with Crippen molar-refractivity contribution in [2.75, 3.05) is 13.7 Å². The van der Waals surface area contributed by atoms with Crippen LogP contribution in [0, 0.1) is 11.7 Å². The van der Waals surface area contributed by atoms with Gasteiger partial charge in [-0.2, -0.15) is 0 Å². The van der Waals surface area contributed by atoms with Gasteiger partial charge in [0.15, 0.2) is 0 Å². The number of ether oxygens (including phenoxy) is 1. The molecule has 1 aromatic carbocycles. The van der Waals surface area contributed by atoms with Gasteiger partial charge < -0.3 is 10.1 Å². The van der Waals surface area contributed by atoms with Gasteiger partial charge in [0, 0.05) is 11.4 Å². The van der Waals surface area contributed by atoms with Crippen LogP contribution < -0.4 is 10.1 Å². The average Bonchev–Trinajstić information content (AvgIpc) is 2.81. The van der Waals surface area contributed by atoms with Gasteiger partial charge >= 0.3 is 0 Å². The molecule has 1 aliphatic rings. The summed E-state index contributed by atoms with van der Waals surface area (Å²) >= 11 is 3.57. The fourth-order valence-electron chi connectivity index (χ4n) is 2.42. The molecule has 1 saturated carbocycles. The summed E-state index contributed by atoms with van der Waals surface area (Å²) in [6.07, 6.45) is 3.27. The molecule has 1 aromatic rings. The van der Waals surface area contributed by atoms with Gasteiger partial charge in [0.2, 0.25) is 0 Å². The molecule has 3 nitrogen and oxygen atoms in total. The van der Waals surface area contributed by atoms with E-state index in [2.05, 4.69) is 21.2 Å². The van der Waals surface area contributed by atoms with Gasteiger partial charge in [0.25, 0.3) is 5.91 Å². The van der Waals surface area contributed by atoms with Crippen molar-refractivity contribution in [1.82, 2.24) is 5.32 Å². The highest BCUT2D eigenvalue weighted by atomic mass is 79.9. The molecule has 0 radical (unpaired) electrons. The molecule has 0 aromatic heterocycles. The first-order chi connectivity index (χ1) is 9.11. The number of nitrogens with one attached hydrogen (secondary N) is 1. The molecule has 0 bridgehead atoms. The van der Waals surface area contributed by atoms with Crippen LogP contribution in [0.2, 0.25) is 0 Å². The van der Waals surface area contributed by atoms with Crippen LogP contribution >= 0.6 is 15.9 Å². The van der Waals surface area contributed by atoms with Crippen LogP contribution in [0.3, 0.4) is 0 Å². The smallest absolute Gasteiger partial charge is 0.258 e. The van der Waals surface area contributed by atoms with Crippen molar-refractivity contribution < 1.29 is 13.9 Å². The van der Waals surface area contributed by atoms with E-state index in [1.165, 1.54) is 19.2 Å². The number of carbonyl (C=O) groups excluding carboxylic acids is 1. The Kier molecular flexibility index (Phi) is 4.80. The molecule has 0 heterocycles. The van der Waals surface area contributed by atoms with E-state index < -0.39 is 11.7 Å². The second-order valence-corrected chi connectivity index (χ2v) is 6.10. The Morgan fingerprint density at radius 1 is 1.53 bits per heavy atom. The Labute approximate surface area is 120 Å². The Balaban J connectivity index is 2.00. The van der Waals surface area contributed by atoms with Crippen LogP contribution in [0.25, 0.3) is 0 Å². The maximum atomic E-state index is 13.7. The number of alkyl halides is 1. The van der Waals surface area contributed by atoms with Crippen LogP contribution in [0.15, 0.2) is 18.2 Å². The first-order valence-corrected chi connectivity index (χ1v) is 7.28. The van der Waals surface area contributed by atoms with Gasteiger partial charge in [-0.3, -0.25) is 4.79 Å². The predicted molar refractivity (Wildman–Crippen MR) is 75.3 cm³/mol. The summed E-state index contributed by atoms with van der Waals surface area (Å²) in [5, 5.41) is 2.80. The molecule has 2 rings (SSSR count). The van der Waals surface area contributed by atoms with Crippen molar-refractivity contribution in [2.24, 2.45) is 5.92 Å². The number of amides is 1. The predicted octanol–water partition coefficient (Wildman–Crippen LogP) is 3.13. The third-order valence-corrected chi connectivity index (χ3v) is 4.28. The molecule has 5 heteroatoms. The highest BCUT2D eigenvalue weighted by Crippen LogP contribution is 2.30. The molecular formula is C14H17BrFNO2. The fraction of sp³-hybridized carbons (Fsp3) is 0.500. The minimum atomic E-state index is -0.554. The van der Waals surface area contributed by atoms with E-state index in [1.807, 2.05) is 0 Å². The zero-order valence-electron chi connectivity index (χ0n) is 10.8. The zero-order valence-corrected chi connectivity index (χ0v) is 12.4. The summed E-state index contributed by atoms with van der Waals surface area (Å²) in [7, 11) is 1.43. The van der Waals surface area contributed by atoms with Crippen molar-refractivity contribution in [3.8, 4) is 5.75 Å². The fourth-order valence-corrected chi connectivity index (χ4v) is 3.21. The number of methoxy groups -OCH3 is 1. The second kappa shape index (κ2) is 6.37. The maximum Gasteiger partial charge on any atom is 0.258 e. The van der Waals surface area contributed by atoms with Crippen LogP contribution in [0.5, 0.6) is 5.75 Å². The summed E-state index contributed by atoms with van der Waals surface area (Å²) in [6.45, 7) is 0.582. The van der Waals surface area contributed by atoms with Gasteiger partial charge in [-0.05, 0) is 37.3 Å². The lowest BCUT2D eigenvalue weighted by atomic mass is 10.1. The van der Waals surface area contributed by atoms with Crippen molar-refractivity contribution in [3.05, 3.63) is 29.6 Å². The Morgan fingerprint density at radius 3 is 2.95 bits per heavy atom. The summed E-state index contributed by atoms with van der Waals surface area (Å²) < 4.78 is 18.7. The van der Waals surface area contributed by atoms with E-state index in [-0.39, 0.29) is 11.3 Å². The molecule has 19 heavy (non-hydrogen) atoms. The molecule has 2 unspecified atom stereocenters. The van der Waals surface area contributed by atoms with Crippen LogP contribution in [-0.2, 0) is 0 Å². The monoisotopic (exact) mass is 329 g/mol. The lowest BCUT2D eigenvalue weighted by Gasteiger charge is -2.13. The van der Waals surface area contributed by atoms with Crippen molar-refractivity contribution in [2.45, 2.75) is 24.1 Å². The molecular weight excluding hydrogens is 313 g/mol. The first-order valence-electron chi connectivity index (χ1n) is 6.36. The Morgan fingerprint density at radius 2 is 2.32 bits per heavy atom. The standard InChI is InChI=1S/C14H17BrFNO2/c1-19-12-4-2-3-11(16)13(12)14(18)17-8-9-5-6-10(15)7-9/h2-4,9-10H,5-8H2,1H3,(H,17,18). The van der Waals surface area contributed by atoms with Crippen LogP contribution in [0.1, 0.15) is 29.6 Å². The van der Waals surface area contributed by atoms with Gasteiger partial charge in [-0.25, -0.2) is 4.39 Å². The minimum Gasteiger partial charge on any atom is -0.496 e. The third kappa shape index (κ3) is 3.47. The maximum absolute atomic E-state index is 13.7. The zero-order chi connectivity index (χ0) is 13.8. The summed E-state index contributed by atoms with van der Waals surface area (Å²) in [5.74, 6) is -0.233. The number of benzene rings is 1. The van der Waals surface area contributed by atoms with Crippen molar-refractivity contribution in [3.63, 3.8) is 0 Å². The highest BCUT2D eigenvalue weighted by Gasteiger charge is 2.24. The number of halogens is 2. The third-order valence-electron chi connectivity index (χ3n) is 3.45. The lowest BCUT2D eigenvalue weighted by Crippen LogP contribution is -2.29. The van der Waals surface area contributed by atoms with Gasteiger partial charge in [-0.15, -0.1) is 0 Å². The highest BCUT2D eigenvalue weighted by molar-refractivity contribution is 9.09. The molecule has 2 atom stereocenters. The van der Waals surface area contributed by atoms with Crippen molar-refractivity contribution >= 4 is 21.8 Å². The topological polar surface area (TPSA) is 38.3 Å². The normalized spacial score (nSPS) is 22.3. The number of hydrogen-bond donors (Lipinski definition) is 1.